The van der Waals surface area contributed by atoms with Crippen LogP contribution in [0.15, 0.2) is 0 Å². The quantitative estimate of drug-likeness (QED) is 0.549. The van der Waals surface area contributed by atoms with Gasteiger partial charge in [0.2, 0.25) is 0 Å². The Morgan fingerprint density at radius 1 is 1.41 bits per heavy atom. The zero-order valence-electron chi connectivity index (χ0n) is 11.5. The minimum atomic E-state index is -0.163. The lowest BCUT2D eigenvalue weighted by Crippen LogP contribution is -2.39. The highest BCUT2D eigenvalue weighted by Crippen LogP contribution is 2.23. The van der Waals surface area contributed by atoms with E-state index in [1.807, 2.05) is 13.8 Å². The Kier molecular flexibility index (Phi) is 5.40. The summed E-state index contributed by atoms with van der Waals surface area (Å²) in [5, 5.41) is 7.54. The van der Waals surface area contributed by atoms with Crippen molar-refractivity contribution in [3.05, 3.63) is 0 Å². The van der Waals surface area contributed by atoms with Gasteiger partial charge in [-0.05, 0) is 44.8 Å². The van der Waals surface area contributed by atoms with Crippen molar-refractivity contribution < 1.29 is 4.74 Å². The van der Waals surface area contributed by atoms with Crippen molar-refractivity contribution in [2.24, 2.45) is 17.1 Å². The van der Waals surface area contributed by atoms with Crippen molar-refractivity contribution in [2.45, 2.75) is 33.1 Å². The molecule has 0 amide bonds. The highest BCUT2D eigenvalue weighted by atomic mass is 16.5. The molecule has 1 saturated heterocycles. The van der Waals surface area contributed by atoms with Crippen molar-refractivity contribution in [2.75, 3.05) is 33.4 Å². The molecule has 4 heteroatoms. The molecule has 1 rings (SSSR count). The van der Waals surface area contributed by atoms with E-state index in [1.165, 1.54) is 12.8 Å². The predicted molar refractivity (Wildman–Crippen MR) is 71.4 cm³/mol. The van der Waals surface area contributed by atoms with Crippen molar-refractivity contribution in [1.29, 1.82) is 5.41 Å². The Balaban J connectivity index is 2.25. The van der Waals surface area contributed by atoms with Crippen molar-refractivity contribution >= 4 is 5.84 Å². The second kappa shape index (κ2) is 6.36. The molecule has 0 saturated carbocycles. The number of hydrogen-bond acceptors (Lipinski definition) is 3. The molecule has 0 aromatic heterocycles. The lowest BCUT2D eigenvalue weighted by Gasteiger charge is -2.34. The first-order valence-electron chi connectivity index (χ1n) is 6.51. The Morgan fingerprint density at radius 2 is 2.00 bits per heavy atom. The molecule has 4 nitrogen and oxygen atoms in total. The molecule has 1 heterocycles. The van der Waals surface area contributed by atoms with Gasteiger partial charge in [0.15, 0.2) is 0 Å². The molecule has 1 aliphatic rings. The van der Waals surface area contributed by atoms with Crippen LogP contribution in [-0.4, -0.2) is 44.1 Å². The Labute approximate surface area is 105 Å². The van der Waals surface area contributed by atoms with Crippen LogP contribution in [0, 0.1) is 16.7 Å². The summed E-state index contributed by atoms with van der Waals surface area (Å²) < 4.78 is 5.20. The molecule has 0 radical (unpaired) electrons. The zero-order chi connectivity index (χ0) is 12.9. The van der Waals surface area contributed by atoms with Gasteiger partial charge in [-0.1, -0.05) is 13.8 Å². The minimum Gasteiger partial charge on any atom is -0.387 e. The van der Waals surface area contributed by atoms with Crippen LogP contribution in [0.4, 0.5) is 0 Å². The van der Waals surface area contributed by atoms with E-state index in [4.69, 9.17) is 15.9 Å². The number of nitrogens with zero attached hydrogens (tertiary/aromatic N) is 1. The first-order valence-corrected chi connectivity index (χ1v) is 6.51. The molecule has 3 N–H and O–H groups in total. The van der Waals surface area contributed by atoms with E-state index < -0.39 is 0 Å². The van der Waals surface area contributed by atoms with Gasteiger partial charge >= 0.3 is 0 Å². The number of hydrogen-bond donors (Lipinski definition) is 2. The SMILES string of the molecule is COCC1CCN(CCC(C)(C)C(=N)N)CC1. The van der Waals surface area contributed by atoms with Crippen molar-refractivity contribution in [3.63, 3.8) is 0 Å². The van der Waals surface area contributed by atoms with Crippen molar-refractivity contribution in [1.82, 2.24) is 4.90 Å². The molecule has 0 aromatic rings. The molecule has 0 spiro atoms. The first-order chi connectivity index (χ1) is 7.95. The molecule has 100 valence electrons. The van der Waals surface area contributed by atoms with E-state index in [0.717, 1.165) is 38.6 Å². The van der Waals surface area contributed by atoms with E-state index in [0.29, 0.717) is 5.84 Å². The number of piperidine rings is 1. The van der Waals surface area contributed by atoms with Gasteiger partial charge in [0.25, 0.3) is 0 Å². The maximum Gasteiger partial charge on any atom is 0.0963 e. The van der Waals surface area contributed by atoms with Gasteiger partial charge in [0, 0.05) is 19.1 Å². The Hall–Kier alpha value is -0.610. The lowest BCUT2D eigenvalue weighted by atomic mass is 9.87. The van der Waals surface area contributed by atoms with Crippen LogP contribution in [0.2, 0.25) is 0 Å². The summed E-state index contributed by atoms with van der Waals surface area (Å²) in [6, 6.07) is 0. The number of likely N-dealkylation sites (tertiary alicyclic amines) is 1. The van der Waals surface area contributed by atoms with Crippen LogP contribution in [0.3, 0.4) is 0 Å². The third kappa shape index (κ3) is 4.64. The maximum atomic E-state index is 7.54. The van der Waals surface area contributed by atoms with Crippen LogP contribution in [0.1, 0.15) is 33.1 Å². The molecular formula is C13H27N3O. The zero-order valence-corrected chi connectivity index (χ0v) is 11.5. The molecule has 0 bridgehead atoms. The fraction of sp³-hybridized carbons (Fsp3) is 0.923. The highest BCUT2D eigenvalue weighted by Gasteiger charge is 2.24. The van der Waals surface area contributed by atoms with E-state index in [-0.39, 0.29) is 5.41 Å². The maximum absolute atomic E-state index is 7.54. The van der Waals surface area contributed by atoms with Crippen LogP contribution in [0.5, 0.6) is 0 Å². The standard InChI is InChI=1S/C13H27N3O/c1-13(2,12(14)15)6-9-16-7-4-11(5-8-16)10-17-3/h11H,4-10H2,1-3H3,(H3,14,15). The summed E-state index contributed by atoms with van der Waals surface area (Å²) in [6.07, 6.45) is 3.43. The first kappa shape index (κ1) is 14.5. The molecule has 1 aliphatic heterocycles. The average Bonchev–Trinajstić information content (AvgIpc) is 2.28. The van der Waals surface area contributed by atoms with E-state index in [1.54, 1.807) is 7.11 Å². The van der Waals surface area contributed by atoms with Crippen LogP contribution in [0.25, 0.3) is 0 Å². The number of amidine groups is 1. The number of nitrogens with one attached hydrogen (secondary N) is 1. The van der Waals surface area contributed by atoms with Gasteiger partial charge in [0.1, 0.15) is 0 Å². The molecule has 0 atom stereocenters. The van der Waals surface area contributed by atoms with Crippen LogP contribution >= 0.6 is 0 Å². The summed E-state index contributed by atoms with van der Waals surface area (Å²) in [6.45, 7) is 8.35. The lowest BCUT2D eigenvalue weighted by molar-refractivity contribution is 0.0963. The predicted octanol–water partition coefficient (Wildman–Crippen LogP) is 1.70. The second-order valence-electron chi connectivity index (χ2n) is 5.79. The van der Waals surface area contributed by atoms with Gasteiger partial charge in [0.05, 0.1) is 5.84 Å². The van der Waals surface area contributed by atoms with E-state index in [9.17, 15) is 0 Å². The average molecular weight is 241 g/mol. The van der Waals surface area contributed by atoms with Gasteiger partial charge in [-0.15, -0.1) is 0 Å². The normalized spacial score (nSPS) is 19.5. The summed E-state index contributed by atoms with van der Waals surface area (Å²) in [5.74, 6) is 1.03. The number of methoxy groups -OCH3 is 1. The second-order valence-corrected chi connectivity index (χ2v) is 5.79. The number of rotatable bonds is 6. The molecule has 0 aromatic carbocycles. The van der Waals surface area contributed by atoms with Crippen molar-refractivity contribution in [3.8, 4) is 0 Å². The van der Waals surface area contributed by atoms with E-state index >= 15 is 0 Å². The number of nitrogens with two attached hydrogens (primary N) is 1. The van der Waals surface area contributed by atoms with Gasteiger partial charge in [-0.2, -0.15) is 0 Å². The fourth-order valence-corrected chi connectivity index (χ4v) is 2.18. The summed E-state index contributed by atoms with van der Waals surface area (Å²) >= 11 is 0. The fourth-order valence-electron chi connectivity index (χ4n) is 2.18. The topological polar surface area (TPSA) is 62.3 Å². The molecular weight excluding hydrogens is 214 g/mol. The summed E-state index contributed by atoms with van der Waals surface area (Å²) in [4.78, 5) is 2.48. The molecule has 1 fully saturated rings. The minimum absolute atomic E-state index is 0.163. The summed E-state index contributed by atoms with van der Waals surface area (Å²) in [5.41, 5.74) is 5.43. The van der Waals surface area contributed by atoms with Gasteiger partial charge in [-0.25, -0.2) is 0 Å². The molecule has 17 heavy (non-hydrogen) atoms. The smallest absolute Gasteiger partial charge is 0.0963 e. The molecule has 0 unspecified atom stereocenters. The van der Waals surface area contributed by atoms with Gasteiger partial charge in [-0.3, -0.25) is 5.41 Å². The highest BCUT2D eigenvalue weighted by molar-refractivity contribution is 5.82. The van der Waals surface area contributed by atoms with Gasteiger partial charge < -0.3 is 15.4 Å². The van der Waals surface area contributed by atoms with Crippen LogP contribution < -0.4 is 5.73 Å². The summed E-state index contributed by atoms with van der Waals surface area (Å²) in [7, 11) is 1.78. The third-order valence-electron chi connectivity index (χ3n) is 3.89. The van der Waals surface area contributed by atoms with E-state index in [2.05, 4.69) is 4.90 Å². The monoisotopic (exact) mass is 241 g/mol. The third-order valence-corrected chi connectivity index (χ3v) is 3.89. The number of ether oxygens (including phenoxy) is 1. The van der Waals surface area contributed by atoms with Crippen LogP contribution in [-0.2, 0) is 4.74 Å². The Bertz CT molecular complexity index is 245. The Morgan fingerprint density at radius 3 is 2.47 bits per heavy atom. The molecule has 0 aliphatic carbocycles. The largest absolute Gasteiger partial charge is 0.387 e.